The summed E-state index contributed by atoms with van der Waals surface area (Å²) in [7, 11) is -3.14. The van der Waals surface area contributed by atoms with Crippen molar-refractivity contribution in [1.29, 1.82) is 0 Å². The number of hydrogen-bond donors (Lipinski definition) is 0. The fourth-order valence-electron chi connectivity index (χ4n) is 3.59. The summed E-state index contributed by atoms with van der Waals surface area (Å²) in [6.07, 6.45) is 3.59. The highest BCUT2D eigenvalue weighted by molar-refractivity contribution is 8.00. The first-order valence-electron chi connectivity index (χ1n) is 12.4. The normalized spacial score (nSPS) is 12.2. The first-order chi connectivity index (χ1) is 18.3. The van der Waals surface area contributed by atoms with Gasteiger partial charge in [-0.25, -0.2) is 14.4 Å². The lowest BCUT2D eigenvalue weighted by Gasteiger charge is -2.16. The number of thioether (sulfide) groups is 1. The third-order valence-corrected chi connectivity index (χ3v) is 8.26. The molecule has 0 atom stereocenters. The van der Waals surface area contributed by atoms with Gasteiger partial charge in [-0.3, -0.25) is 4.57 Å². The Morgan fingerprint density at radius 3 is 2.50 bits per heavy atom. The Labute approximate surface area is 224 Å². The van der Waals surface area contributed by atoms with E-state index in [4.69, 9.17) is 23.8 Å². The van der Waals surface area contributed by atoms with Gasteiger partial charge in [-0.2, -0.15) is 9.67 Å². The standard InChI is InChI=1S/C24H31FN7O4PS/c1-5-35-37(33,36-6-2)14-13-34-12-11-31-16-26-21-22(31)27-24(28-23(21)38-17(3)4)32-15-20(29-30-32)18-7-9-19(25)10-8-18/h7-10,15-17H,5-6,11-14H2,1-4H3. The van der Waals surface area contributed by atoms with Gasteiger partial charge in [-0.1, -0.05) is 19.1 Å². The summed E-state index contributed by atoms with van der Waals surface area (Å²) in [5.74, 6) is 0.0265. The molecule has 0 aliphatic rings. The molecule has 11 nitrogen and oxygen atoms in total. The highest BCUT2D eigenvalue weighted by atomic mass is 32.2. The van der Waals surface area contributed by atoms with Gasteiger partial charge < -0.3 is 18.4 Å². The van der Waals surface area contributed by atoms with Crippen molar-refractivity contribution in [3.8, 4) is 17.2 Å². The lowest BCUT2D eigenvalue weighted by atomic mass is 10.2. The SMILES string of the molecule is CCOP(=O)(CCOCCn1cnc2c(SC(C)C)nc(-n3cc(-c4ccc(F)cc4)nn3)nc21)OCC. The summed E-state index contributed by atoms with van der Waals surface area (Å²) in [5.41, 5.74) is 2.62. The van der Waals surface area contributed by atoms with Gasteiger partial charge in [0.25, 0.3) is 5.95 Å². The zero-order chi connectivity index (χ0) is 27.1. The van der Waals surface area contributed by atoms with Crippen molar-refractivity contribution in [3.05, 3.63) is 42.6 Å². The zero-order valence-corrected chi connectivity index (χ0v) is 23.5. The molecule has 0 spiro atoms. The number of ether oxygens (including phenoxy) is 1. The minimum Gasteiger partial charge on any atom is -0.379 e. The summed E-state index contributed by atoms with van der Waals surface area (Å²) < 4.78 is 45.6. The molecule has 0 aliphatic heterocycles. The van der Waals surface area contributed by atoms with E-state index in [1.807, 2.05) is 4.57 Å². The minimum atomic E-state index is -3.14. The fraction of sp³-hybridized carbons (Fsp3) is 0.458. The van der Waals surface area contributed by atoms with Crippen LogP contribution >= 0.6 is 19.4 Å². The van der Waals surface area contributed by atoms with Gasteiger partial charge in [0, 0.05) is 17.4 Å². The summed E-state index contributed by atoms with van der Waals surface area (Å²) in [6.45, 7) is 9.41. The molecule has 1 aromatic carbocycles. The lowest BCUT2D eigenvalue weighted by Crippen LogP contribution is -2.11. The summed E-state index contributed by atoms with van der Waals surface area (Å²) >= 11 is 1.58. The van der Waals surface area contributed by atoms with Crippen LogP contribution in [0.2, 0.25) is 0 Å². The molecule has 0 radical (unpaired) electrons. The van der Waals surface area contributed by atoms with Gasteiger partial charge in [0.05, 0.1) is 45.1 Å². The summed E-state index contributed by atoms with van der Waals surface area (Å²) in [4.78, 5) is 14.0. The lowest BCUT2D eigenvalue weighted by molar-refractivity contribution is 0.132. The predicted molar refractivity (Wildman–Crippen MR) is 143 cm³/mol. The van der Waals surface area contributed by atoms with Crippen LogP contribution in [0.3, 0.4) is 0 Å². The molecule has 0 bridgehead atoms. The number of halogens is 1. The average molecular weight is 564 g/mol. The molecule has 14 heteroatoms. The molecule has 0 amide bonds. The van der Waals surface area contributed by atoms with E-state index in [1.54, 1.807) is 50.3 Å². The van der Waals surface area contributed by atoms with Crippen LogP contribution in [0.5, 0.6) is 0 Å². The van der Waals surface area contributed by atoms with Crippen LogP contribution in [0.4, 0.5) is 4.39 Å². The van der Waals surface area contributed by atoms with Crippen molar-refractivity contribution in [2.75, 3.05) is 32.6 Å². The Bertz CT molecular complexity index is 1390. The first kappa shape index (κ1) is 28.3. The molecule has 0 unspecified atom stereocenters. The molecular weight excluding hydrogens is 532 g/mol. The minimum absolute atomic E-state index is 0.184. The Morgan fingerprint density at radius 1 is 1.08 bits per heavy atom. The second-order valence-corrected chi connectivity index (χ2v) is 12.2. The molecule has 3 aromatic heterocycles. The third kappa shape index (κ3) is 7.03. The fourth-order valence-corrected chi connectivity index (χ4v) is 5.90. The maximum atomic E-state index is 13.3. The van der Waals surface area contributed by atoms with E-state index >= 15 is 0 Å². The summed E-state index contributed by atoms with van der Waals surface area (Å²) in [6, 6.07) is 6.04. The number of benzene rings is 1. The monoisotopic (exact) mass is 563 g/mol. The van der Waals surface area contributed by atoms with Crippen molar-refractivity contribution >= 4 is 30.5 Å². The van der Waals surface area contributed by atoms with E-state index in [-0.39, 0.29) is 23.8 Å². The van der Waals surface area contributed by atoms with Gasteiger partial charge in [0.1, 0.15) is 22.1 Å². The van der Waals surface area contributed by atoms with Gasteiger partial charge in [0.15, 0.2) is 5.65 Å². The molecule has 0 fully saturated rings. The van der Waals surface area contributed by atoms with Crippen molar-refractivity contribution in [2.45, 2.75) is 44.5 Å². The molecule has 0 N–H and O–H groups in total. The zero-order valence-electron chi connectivity index (χ0n) is 21.8. The van der Waals surface area contributed by atoms with E-state index in [2.05, 4.69) is 29.1 Å². The van der Waals surface area contributed by atoms with Crippen LogP contribution < -0.4 is 0 Å². The molecule has 0 saturated carbocycles. The van der Waals surface area contributed by atoms with E-state index in [0.29, 0.717) is 49.2 Å². The largest absolute Gasteiger partial charge is 0.379 e. The Balaban J connectivity index is 1.52. The predicted octanol–water partition coefficient (Wildman–Crippen LogP) is 5.00. The molecule has 38 heavy (non-hydrogen) atoms. The molecule has 0 saturated heterocycles. The number of hydrogen-bond acceptors (Lipinski definition) is 10. The smallest absolute Gasteiger partial charge is 0.332 e. The summed E-state index contributed by atoms with van der Waals surface area (Å²) in [5, 5.41) is 9.41. The number of nitrogens with zero attached hydrogens (tertiary/aromatic N) is 7. The molecule has 0 aliphatic carbocycles. The third-order valence-electron chi connectivity index (χ3n) is 5.24. The van der Waals surface area contributed by atoms with Crippen LogP contribution in [-0.2, 0) is 24.9 Å². The maximum Gasteiger partial charge on any atom is 0.332 e. The first-order valence-corrected chi connectivity index (χ1v) is 15.0. The van der Waals surface area contributed by atoms with Crippen molar-refractivity contribution in [2.24, 2.45) is 0 Å². The molecular formula is C24H31FN7O4PS. The number of imidazole rings is 1. The van der Waals surface area contributed by atoms with Gasteiger partial charge in [-0.05, 0) is 38.1 Å². The molecule has 4 rings (SSSR count). The van der Waals surface area contributed by atoms with Crippen LogP contribution in [-0.4, -0.2) is 72.4 Å². The molecule has 3 heterocycles. The Morgan fingerprint density at radius 2 is 1.82 bits per heavy atom. The van der Waals surface area contributed by atoms with Gasteiger partial charge >= 0.3 is 7.60 Å². The second kappa shape index (κ2) is 12.9. The van der Waals surface area contributed by atoms with Crippen molar-refractivity contribution in [1.82, 2.24) is 34.5 Å². The quantitative estimate of drug-likeness (QED) is 0.0898. The van der Waals surface area contributed by atoms with Crippen LogP contribution in [0, 0.1) is 5.82 Å². The topological polar surface area (TPSA) is 119 Å². The Kier molecular flexibility index (Phi) is 9.61. The molecule has 4 aromatic rings. The average Bonchev–Trinajstić information content (AvgIpc) is 3.52. The second-order valence-electron chi connectivity index (χ2n) is 8.44. The van der Waals surface area contributed by atoms with Crippen molar-refractivity contribution < 1.29 is 22.7 Å². The van der Waals surface area contributed by atoms with Crippen LogP contribution in [0.15, 0.2) is 41.8 Å². The van der Waals surface area contributed by atoms with Crippen molar-refractivity contribution in [3.63, 3.8) is 0 Å². The van der Waals surface area contributed by atoms with Gasteiger partial charge in [-0.15, -0.1) is 16.9 Å². The highest BCUT2D eigenvalue weighted by Crippen LogP contribution is 2.47. The van der Waals surface area contributed by atoms with E-state index in [1.165, 1.54) is 16.8 Å². The van der Waals surface area contributed by atoms with E-state index in [9.17, 15) is 8.96 Å². The number of aromatic nitrogens is 7. The maximum absolute atomic E-state index is 13.3. The van der Waals surface area contributed by atoms with E-state index in [0.717, 1.165) is 10.6 Å². The number of fused-ring (bicyclic) bond motifs is 1. The highest BCUT2D eigenvalue weighted by Gasteiger charge is 2.23. The Hall–Kier alpha value is -2.70. The van der Waals surface area contributed by atoms with E-state index < -0.39 is 7.60 Å². The van der Waals surface area contributed by atoms with Crippen LogP contribution in [0.25, 0.3) is 28.4 Å². The van der Waals surface area contributed by atoms with Gasteiger partial charge in [0.2, 0.25) is 0 Å². The number of rotatable bonds is 14. The molecule has 204 valence electrons. The van der Waals surface area contributed by atoms with Crippen LogP contribution in [0.1, 0.15) is 27.7 Å².